The van der Waals surface area contributed by atoms with Crippen molar-refractivity contribution in [2.45, 2.75) is 190 Å². The lowest BCUT2D eigenvalue weighted by molar-refractivity contribution is -0.523. The van der Waals surface area contributed by atoms with Crippen LogP contribution in [0.4, 0.5) is 0 Å². The molecular formula is C33H68O8. The molecule has 0 heterocycles. The van der Waals surface area contributed by atoms with Crippen molar-refractivity contribution >= 4 is 0 Å². The minimum absolute atomic E-state index is 0.167. The van der Waals surface area contributed by atoms with Crippen LogP contribution in [0.5, 0.6) is 0 Å². The fourth-order valence-corrected chi connectivity index (χ4v) is 4.43. The van der Waals surface area contributed by atoms with Crippen LogP contribution in [0.1, 0.15) is 162 Å². The van der Waals surface area contributed by atoms with Gasteiger partial charge in [0.15, 0.2) is 0 Å². The van der Waals surface area contributed by atoms with Crippen LogP contribution >= 0.6 is 0 Å². The topological polar surface area (TPSA) is 73.8 Å². The molecule has 0 aromatic heterocycles. The molecular weight excluding hydrogens is 524 g/mol. The summed E-state index contributed by atoms with van der Waals surface area (Å²) in [5, 5.41) is 0. The Kier molecular flexibility index (Phi) is 17.7. The third kappa shape index (κ3) is 21.9. The van der Waals surface area contributed by atoms with Gasteiger partial charge >= 0.3 is 0 Å². The molecule has 8 nitrogen and oxygen atoms in total. The highest BCUT2D eigenvalue weighted by molar-refractivity contribution is 4.88. The van der Waals surface area contributed by atoms with Crippen LogP contribution in [0.15, 0.2) is 0 Å². The van der Waals surface area contributed by atoms with Gasteiger partial charge in [-0.15, -0.1) is 0 Å². The van der Waals surface area contributed by atoms with Gasteiger partial charge in [-0.3, -0.25) is 0 Å². The first-order chi connectivity index (χ1) is 18.6. The Morgan fingerprint density at radius 2 is 1.00 bits per heavy atom. The van der Waals surface area contributed by atoms with E-state index in [4.69, 9.17) is 39.1 Å². The van der Waals surface area contributed by atoms with Crippen LogP contribution in [-0.4, -0.2) is 41.4 Å². The van der Waals surface area contributed by atoms with Crippen molar-refractivity contribution in [2.75, 3.05) is 13.2 Å². The largest absolute Gasteiger partial charge is 0.234 e. The van der Waals surface area contributed by atoms with Crippen LogP contribution in [0.3, 0.4) is 0 Å². The van der Waals surface area contributed by atoms with Gasteiger partial charge in [0.25, 0.3) is 0 Å². The monoisotopic (exact) mass is 592 g/mol. The third-order valence-electron chi connectivity index (χ3n) is 6.26. The van der Waals surface area contributed by atoms with E-state index >= 15 is 0 Å². The molecule has 1 aliphatic carbocycles. The van der Waals surface area contributed by atoms with Crippen molar-refractivity contribution in [1.82, 2.24) is 0 Å². The first-order valence-electron chi connectivity index (χ1n) is 15.9. The average Bonchev–Trinajstić information content (AvgIpc) is 2.80. The van der Waals surface area contributed by atoms with Crippen LogP contribution in [0, 0.1) is 11.3 Å². The minimum Gasteiger partial charge on any atom is -0.234 e. The number of hydrogen-bond donors (Lipinski definition) is 0. The first-order valence-corrected chi connectivity index (χ1v) is 15.9. The summed E-state index contributed by atoms with van der Waals surface area (Å²) in [4.78, 5) is 44.1. The molecule has 0 radical (unpaired) electrons. The molecule has 0 aromatic rings. The maximum absolute atomic E-state index is 5.71. The Labute approximate surface area is 253 Å². The number of unbranched alkanes of at least 4 members (excludes halogenated alkanes) is 2. The SMILES string of the molecule is CC(C)(C)OOC(C)(C)CCC(C)(C)OOC(C)(C)C.CCCCOOC1(OOCCCC)CC(C)CC(C)(C)C1. The lowest BCUT2D eigenvalue weighted by Crippen LogP contribution is -2.46. The van der Waals surface area contributed by atoms with E-state index in [-0.39, 0.29) is 27.8 Å². The summed E-state index contributed by atoms with van der Waals surface area (Å²) in [5.41, 5.74) is -1.18. The highest BCUT2D eigenvalue weighted by Crippen LogP contribution is 2.46. The summed E-state index contributed by atoms with van der Waals surface area (Å²) in [7, 11) is 0. The molecule has 41 heavy (non-hydrogen) atoms. The van der Waals surface area contributed by atoms with E-state index in [9.17, 15) is 0 Å². The Bertz CT molecular complexity index is 634. The average molecular weight is 593 g/mol. The molecule has 0 aromatic carbocycles. The predicted octanol–water partition coefficient (Wildman–Crippen LogP) is 9.84. The Hall–Kier alpha value is -0.320. The summed E-state index contributed by atoms with van der Waals surface area (Å²) < 4.78 is 0. The fraction of sp³-hybridized carbons (Fsp3) is 1.00. The molecule has 0 bridgehead atoms. The fourth-order valence-electron chi connectivity index (χ4n) is 4.43. The second-order valence-corrected chi connectivity index (χ2v) is 15.9. The summed E-state index contributed by atoms with van der Waals surface area (Å²) >= 11 is 0. The van der Waals surface area contributed by atoms with E-state index in [0.717, 1.165) is 51.4 Å². The van der Waals surface area contributed by atoms with Crippen LogP contribution in [0.2, 0.25) is 0 Å². The standard InChI is InChI=1S/C17H34O4.C16H34O4/c1-6-8-10-18-20-17(21-19-11-9-7-2)13-15(3)12-16(4,5)14-17;1-13(2,3)17-19-15(7,8)11-12-16(9,10)20-18-14(4,5)6/h15H,6-14H2,1-5H3;11-12H2,1-10H3. The molecule has 1 atom stereocenters. The van der Waals surface area contributed by atoms with Crippen molar-refractivity contribution in [3.63, 3.8) is 0 Å². The Morgan fingerprint density at radius 1 is 0.610 bits per heavy atom. The number of hydrogen-bond acceptors (Lipinski definition) is 8. The lowest BCUT2D eigenvalue weighted by atomic mass is 9.70. The molecule has 0 spiro atoms. The third-order valence-corrected chi connectivity index (χ3v) is 6.26. The molecule has 0 aliphatic heterocycles. The molecule has 0 saturated heterocycles. The first kappa shape index (κ1) is 40.7. The zero-order chi connectivity index (χ0) is 32.0. The molecule has 1 aliphatic rings. The molecule has 0 amide bonds. The zero-order valence-corrected chi connectivity index (χ0v) is 29.6. The van der Waals surface area contributed by atoms with Gasteiger partial charge in [-0.25, -0.2) is 29.3 Å². The molecule has 1 saturated carbocycles. The molecule has 1 fully saturated rings. The molecule has 248 valence electrons. The normalized spacial score (nSPS) is 19.5. The zero-order valence-electron chi connectivity index (χ0n) is 29.6. The van der Waals surface area contributed by atoms with Gasteiger partial charge in [-0.1, -0.05) is 47.5 Å². The Balaban J connectivity index is 0.000000782. The lowest BCUT2D eigenvalue weighted by Gasteiger charge is -2.44. The smallest absolute Gasteiger partial charge is 0.234 e. The van der Waals surface area contributed by atoms with E-state index < -0.39 is 5.79 Å². The Morgan fingerprint density at radius 3 is 1.32 bits per heavy atom. The van der Waals surface area contributed by atoms with Gasteiger partial charge in [0.2, 0.25) is 5.79 Å². The molecule has 1 rings (SSSR count). The van der Waals surface area contributed by atoms with Gasteiger partial charge in [0, 0.05) is 12.8 Å². The van der Waals surface area contributed by atoms with E-state index in [1.165, 1.54) is 6.42 Å². The van der Waals surface area contributed by atoms with Crippen molar-refractivity contribution in [2.24, 2.45) is 11.3 Å². The molecule has 1 unspecified atom stereocenters. The van der Waals surface area contributed by atoms with Crippen molar-refractivity contribution < 1.29 is 39.1 Å². The van der Waals surface area contributed by atoms with Crippen LogP contribution in [0.25, 0.3) is 0 Å². The van der Waals surface area contributed by atoms with Crippen molar-refractivity contribution in [1.29, 1.82) is 0 Å². The van der Waals surface area contributed by atoms with Crippen LogP contribution in [-0.2, 0) is 39.1 Å². The van der Waals surface area contributed by atoms with E-state index in [1.54, 1.807) is 0 Å². The van der Waals surface area contributed by atoms with Gasteiger partial charge in [0.1, 0.15) is 0 Å². The van der Waals surface area contributed by atoms with E-state index in [2.05, 4.69) is 34.6 Å². The molecule has 0 N–H and O–H groups in total. The van der Waals surface area contributed by atoms with Gasteiger partial charge in [-0.05, 0) is 113 Å². The van der Waals surface area contributed by atoms with Gasteiger partial charge < -0.3 is 0 Å². The van der Waals surface area contributed by atoms with Gasteiger partial charge in [0.05, 0.1) is 35.6 Å². The van der Waals surface area contributed by atoms with Crippen LogP contribution < -0.4 is 0 Å². The van der Waals surface area contributed by atoms with Crippen molar-refractivity contribution in [3.05, 3.63) is 0 Å². The second-order valence-electron chi connectivity index (χ2n) is 15.9. The van der Waals surface area contributed by atoms with E-state index in [0.29, 0.717) is 19.1 Å². The maximum Gasteiger partial charge on any atom is 0.234 e. The maximum atomic E-state index is 5.71. The summed E-state index contributed by atoms with van der Waals surface area (Å²) in [6, 6.07) is 0. The summed E-state index contributed by atoms with van der Waals surface area (Å²) in [6.45, 7) is 32.1. The minimum atomic E-state index is -0.761. The van der Waals surface area contributed by atoms with E-state index in [1.807, 2.05) is 69.2 Å². The van der Waals surface area contributed by atoms with Gasteiger partial charge in [-0.2, -0.15) is 9.78 Å². The highest BCUT2D eigenvalue weighted by atomic mass is 17.3. The summed E-state index contributed by atoms with van der Waals surface area (Å²) in [5.74, 6) is -0.235. The quantitative estimate of drug-likeness (QED) is 0.0715. The summed E-state index contributed by atoms with van der Waals surface area (Å²) in [6.07, 6.45) is 8.56. The second kappa shape index (κ2) is 17.8. The molecule has 8 heteroatoms. The predicted molar refractivity (Wildman–Crippen MR) is 165 cm³/mol. The highest BCUT2D eigenvalue weighted by Gasteiger charge is 2.47. The van der Waals surface area contributed by atoms with Crippen molar-refractivity contribution in [3.8, 4) is 0 Å². The number of rotatable bonds is 17.